The van der Waals surface area contributed by atoms with Crippen molar-refractivity contribution in [3.63, 3.8) is 0 Å². The number of anilines is 1. The van der Waals surface area contributed by atoms with E-state index >= 15 is 0 Å². The highest BCUT2D eigenvalue weighted by atomic mass is 32.2. The second-order valence-electron chi connectivity index (χ2n) is 8.06. The number of sulfonamides is 2. The van der Waals surface area contributed by atoms with Crippen molar-refractivity contribution in [2.45, 2.75) is 42.0 Å². The minimum atomic E-state index is -3.96. The standard InChI is InChI=1S/C22H27N3O6S2/c1-31-20-11-8-18(25-14-4-5-22(25)26)15-21(20)32(27,28)23-16-17-6-9-19(10-7-17)33(29,30)24-12-2-3-13-24/h6-11,15,23H,2-5,12-14,16H2,1H3. The van der Waals surface area contributed by atoms with Crippen LogP contribution < -0.4 is 14.4 Å². The maximum absolute atomic E-state index is 13.0. The molecule has 2 aliphatic rings. The second-order valence-corrected chi connectivity index (χ2v) is 11.7. The van der Waals surface area contributed by atoms with E-state index in [4.69, 9.17) is 4.74 Å². The predicted octanol–water partition coefficient (Wildman–Crippen LogP) is 2.08. The van der Waals surface area contributed by atoms with E-state index in [-0.39, 0.29) is 28.0 Å². The Bertz CT molecular complexity index is 1240. The average molecular weight is 494 g/mol. The van der Waals surface area contributed by atoms with Gasteiger partial charge in [-0.05, 0) is 55.2 Å². The molecule has 0 aromatic heterocycles. The fraction of sp³-hybridized carbons (Fsp3) is 0.409. The molecule has 0 spiro atoms. The summed E-state index contributed by atoms with van der Waals surface area (Å²) < 4.78 is 60.6. The Morgan fingerprint density at radius 1 is 0.939 bits per heavy atom. The third-order valence-corrected chi connectivity index (χ3v) is 9.25. The quantitative estimate of drug-likeness (QED) is 0.603. The number of hydrogen-bond donors (Lipinski definition) is 1. The Kier molecular flexibility index (Phi) is 6.76. The first-order valence-corrected chi connectivity index (χ1v) is 13.7. The fourth-order valence-electron chi connectivity index (χ4n) is 4.08. The Morgan fingerprint density at radius 2 is 1.64 bits per heavy atom. The number of benzene rings is 2. The predicted molar refractivity (Wildman–Crippen MR) is 123 cm³/mol. The maximum atomic E-state index is 13.0. The van der Waals surface area contributed by atoms with Crippen LogP contribution in [0.4, 0.5) is 5.69 Å². The van der Waals surface area contributed by atoms with Gasteiger partial charge in [0.15, 0.2) is 0 Å². The molecule has 2 saturated heterocycles. The number of ether oxygens (including phenoxy) is 1. The minimum Gasteiger partial charge on any atom is -0.495 e. The molecule has 0 atom stereocenters. The van der Waals surface area contributed by atoms with Crippen molar-refractivity contribution >= 4 is 31.6 Å². The highest BCUT2D eigenvalue weighted by Gasteiger charge is 2.28. The normalized spacial score (nSPS) is 17.6. The van der Waals surface area contributed by atoms with Crippen molar-refractivity contribution in [1.82, 2.24) is 9.03 Å². The molecule has 2 aliphatic heterocycles. The topological polar surface area (TPSA) is 113 Å². The number of carbonyl (C=O) groups excluding carboxylic acids is 1. The monoisotopic (exact) mass is 493 g/mol. The number of methoxy groups -OCH3 is 1. The number of hydrogen-bond acceptors (Lipinski definition) is 6. The van der Waals surface area contributed by atoms with Gasteiger partial charge in [-0.25, -0.2) is 21.6 Å². The summed E-state index contributed by atoms with van der Waals surface area (Å²) >= 11 is 0. The van der Waals surface area contributed by atoms with Gasteiger partial charge in [0.25, 0.3) is 0 Å². The molecule has 2 fully saturated rings. The molecule has 4 rings (SSSR count). The molecular weight excluding hydrogens is 466 g/mol. The highest BCUT2D eigenvalue weighted by Crippen LogP contribution is 2.31. The van der Waals surface area contributed by atoms with Crippen molar-refractivity contribution < 1.29 is 26.4 Å². The van der Waals surface area contributed by atoms with Gasteiger partial charge < -0.3 is 9.64 Å². The van der Waals surface area contributed by atoms with Gasteiger partial charge in [0.2, 0.25) is 26.0 Å². The number of amides is 1. The van der Waals surface area contributed by atoms with Crippen molar-refractivity contribution in [1.29, 1.82) is 0 Å². The van der Waals surface area contributed by atoms with E-state index in [2.05, 4.69) is 4.72 Å². The molecule has 33 heavy (non-hydrogen) atoms. The van der Waals surface area contributed by atoms with Crippen LogP contribution in [0.1, 0.15) is 31.2 Å². The first-order chi connectivity index (χ1) is 15.7. The Balaban J connectivity index is 1.50. The summed E-state index contributed by atoms with van der Waals surface area (Å²) in [4.78, 5) is 13.8. The van der Waals surface area contributed by atoms with Crippen LogP contribution in [-0.2, 0) is 31.4 Å². The van der Waals surface area contributed by atoms with Crippen LogP contribution in [0.25, 0.3) is 0 Å². The van der Waals surface area contributed by atoms with Crippen molar-refractivity contribution in [3.05, 3.63) is 48.0 Å². The second kappa shape index (κ2) is 9.41. The van der Waals surface area contributed by atoms with Gasteiger partial charge in [-0.3, -0.25) is 4.79 Å². The molecule has 1 amide bonds. The molecule has 9 nitrogen and oxygen atoms in total. The lowest BCUT2D eigenvalue weighted by molar-refractivity contribution is -0.117. The maximum Gasteiger partial charge on any atom is 0.244 e. The molecule has 0 saturated carbocycles. The molecule has 1 N–H and O–H groups in total. The van der Waals surface area contributed by atoms with Gasteiger partial charge in [-0.15, -0.1) is 0 Å². The largest absolute Gasteiger partial charge is 0.495 e. The van der Waals surface area contributed by atoms with Gasteiger partial charge in [-0.1, -0.05) is 12.1 Å². The first kappa shape index (κ1) is 23.7. The number of carbonyl (C=O) groups is 1. The molecule has 2 aromatic carbocycles. The van der Waals surface area contributed by atoms with Gasteiger partial charge in [0, 0.05) is 38.3 Å². The lowest BCUT2D eigenvalue weighted by Crippen LogP contribution is -2.28. The Labute approximate surface area is 194 Å². The zero-order chi connectivity index (χ0) is 23.6. The summed E-state index contributed by atoms with van der Waals surface area (Å²) in [5, 5.41) is 0. The van der Waals surface area contributed by atoms with Crippen LogP contribution in [0.2, 0.25) is 0 Å². The molecule has 178 valence electrons. The van der Waals surface area contributed by atoms with Crippen LogP contribution in [0, 0.1) is 0 Å². The van der Waals surface area contributed by atoms with E-state index in [9.17, 15) is 21.6 Å². The first-order valence-electron chi connectivity index (χ1n) is 10.8. The molecule has 2 heterocycles. The van der Waals surface area contributed by atoms with Crippen LogP contribution in [0.3, 0.4) is 0 Å². The Hall–Kier alpha value is -2.47. The van der Waals surface area contributed by atoms with E-state index in [0.717, 1.165) is 19.3 Å². The SMILES string of the molecule is COc1ccc(N2CCCC2=O)cc1S(=O)(=O)NCc1ccc(S(=O)(=O)N2CCCC2)cc1. The van der Waals surface area contributed by atoms with Gasteiger partial charge >= 0.3 is 0 Å². The van der Waals surface area contributed by atoms with Crippen molar-refractivity contribution in [2.24, 2.45) is 0 Å². The molecule has 2 aromatic rings. The van der Waals surface area contributed by atoms with E-state index < -0.39 is 20.0 Å². The third-order valence-electron chi connectivity index (χ3n) is 5.91. The van der Waals surface area contributed by atoms with E-state index in [1.54, 1.807) is 23.1 Å². The number of rotatable bonds is 8. The minimum absolute atomic E-state index is 0.0254. The zero-order valence-corrected chi connectivity index (χ0v) is 20.0. The van der Waals surface area contributed by atoms with Crippen LogP contribution in [0.15, 0.2) is 52.3 Å². The van der Waals surface area contributed by atoms with E-state index in [1.807, 2.05) is 0 Å². The molecule has 11 heteroatoms. The Morgan fingerprint density at radius 3 is 2.24 bits per heavy atom. The molecule has 0 aliphatic carbocycles. The zero-order valence-electron chi connectivity index (χ0n) is 18.4. The van der Waals surface area contributed by atoms with Crippen LogP contribution in [0.5, 0.6) is 5.75 Å². The van der Waals surface area contributed by atoms with Gasteiger partial charge in [0.05, 0.1) is 12.0 Å². The number of nitrogens with one attached hydrogen (secondary N) is 1. The van der Waals surface area contributed by atoms with Crippen molar-refractivity contribution in [3.8, 4) is 5.75 Å². The van der Waals surface area contributed by atoms with E-state index in [1.165, 1.54) is 35.7 Å². The lowest BCUT2D eigenvalue weighted by atomic mass is 10.2. The molecule has 0 radical (unpaired) electrons. The van der Waals surface area contributed by atoms with Crippen LogP contribution in [-0.4, -0.2) is 53.8 Å². The van der Waals surface area contributed by atoms with E-state index in [0.29, 0.717) is 37.3 Å². The molecule has 0 bridgehead atoms. The summed E-state index contributed by atoms with van der Waals surface area (Å²) in [5.74, 6) is 0.130. The summed E-state index contributed by atoms with van der Waals surface area (Å²) in [6.07, 6.45) is 2.88. The molecular formula is C22H27N3O6S2. The van der Waals surface area contributed by atoms with Crippen molar-refractivity contribution in [2.75, 3.05) is 31.6 Å². The average Bonchev–Trinajstić information content (AvgIpc) is 3.50. The van der Waals surface area contributed by atoms with Gasteiger partial charge in [0.1, 0.15) is 10.6 Å². The third kappa shape index (κ3) is 4.91. The summed E-state index contributed by atoms with van der Waals surface area (Å²) in [5.41, 5.74) is 1.12. The summed E-state index contributed by atoms with van der Waals surface area (Å²) in [7, 11) is -6.10. The van der Waals surface area contributed by atoms with Gasteiger partial charge in [-0.2, -0.15) is 4.31 Å². The summed E-state index contributed by atoms with van der Waals surface area (Å²) in [6.45, 7) is 1.56. The lowest BCUT2D eigenvalue weighted by Gasteiger charge is -2.18. The highest BCUT2D eigenvalue weighted by molar-refractivity contribution is 7.89. The summed E-state index contributed by atoms with van der Waals surface area (Å²) in [6, 6.07) is 10.8. The number of nitrogens with zero attached hydrogens (tertiary/aromatic N) is 2. The smallest absolute Gasteiger partial charge is 0.244 e. The molecule has 0 unspecified atom stereocenters. The van der Waals surface area contributed by atoms with Crippen LogP contribution >= 0.6 is 0 Å². The fourth-order valence-corrected chi connectivity index (χ4v) is 6.80.